The van der Waals surface area contributed by atoms with Gasteiger partial charge in [-0.3, -0.25) is 43.2 Å². The molecule has 7 aromatic carbocycles. The molecule has 0 radical (unpaired) electrons. The summed E-state index contributed by atoms with van der Waals surface area (Å²) in [7, 11) is -2.34. The Balaban J connectivity index is 1.01. The number of carbonyl (C=O) groups is 9. The van der Waals surface area contributed by atoms with Crippen molar-refractivity contribution in [3.05, 3.63) is 233 Å². The van der Waals surface area contributed by atoms with Gasteiger partial charge in [0.15, 0.2) is 17.3 Å². The molecule has 0 heterocycles. The van der Waals surface area contributed by atoms with Crippen molar-refractivity contribution in [1.82, 2.24) is 0 Å². The lowest BCUT2D eigenvalue weighted by Crippen LogP contribution is -2.43. The Morgan fingerprint density at radius 2 is 0.570 bits per heavy atom. The third-order valence-electron chi connectivity index (χ3n) is 16.3. The molecular formula is C76H82O16Si. The third kappa shape index (κ3) is 24.2. The second-order valence-corrected chi connectivity index (χ2v) is 29.1. The smallest absolute Gasteiger partial charge is 0.311 e. The summed E-state index contributed by atoms with van der Waals surface area (Å²) in [6, 6.07) is 55.6. The fourth-order valence-electron chi connectivity index (χ4n) is 9.87. The summed E-state index contributed by atoms with van der Waals surface area (Å²) in [5.41, 5.74) is 3.87. The Morgan fingerprint density at radius 3 is 0.839 bits per heavy atom. The Morgan fingerprint density at radius 1 is 0.323 bits per heavy atom. The zero-order chi connectivity index (χ0) is 66.6. The minimum atomic E-state index is -2.34. The molecule has 0 spiro atoms. The second-order valence-electron chi connectivity index (χ2n) is 24.4. The van der Waals surface area contributed by atoms with Gasteiger partial charge in [-0.15, -0.1) is 0 Å². The molecule has 0 saturated heterocycles. The summed E-state index contributed by atoms with van der Waals surface area (Å²) < 4.78 is 40.1. The minimum Gasteiger partial charge on any atom is -0.543 e. The van der Waals surface area contributed by atoms with E-state index < -0.39 is 61.9 Å². The number of carbonyl (C=O) groups excluding carboxylic acids is 9. The largest absolute Gasteiger partial charge is 0.543 e. The SMILES string of the molecule is CC(C)(C)[Si](C)(C)Oc1cccc(C(=O)C(CCC(=O)Oc2cccc(C(=O)C(CCC(=O)OCc3ccccc3)CCC(=O)OCc3ccccc3)c2)CCC(=O)Oc2cccc(C(=O)C(CCC(=O)OCc3ccccc3)CCC(=O)OCc3ccccc3)c2)c1. The van der Waals surface area contributed by atoms with Crippen LogP contribution >= 0.6 is 0 Å². The van der Waals surface area contributed by atoms with E-state index >= 15 is 0 Å². The van der Waals surface area contributed by atoms with Gasteiger partial charge in [0, 0.05) is 73.0 Å². The van der Waals surface area contributed by atoms with Gasteiger partial charge in [-0.2, -0.15) is 0 Å². The molecular weight excluding hydrogens is 1200 g/mol. The van der Waals surface area contributed by atoms with Crippen molar-refractivity contribution in [2.24, 2.45) is 17.8 Å². The maximum atomic E-state index is 14.6. The molecule has 0 N–H and O–H groups in total. The Bertz CT molecular complexity index is 3300. The average Bonchev–Trinajstić information content (AvgIpc) is 0.897. The van der Waals surface area contributed by atoms with E-state index in [-0.39, 0.29) is 148 Å². The van der Waals surface area contributed by atoms with E-state index in [1.54, 1.807) is 48.5 Å². The molecule has 93 heavy (non-hydrogen) atoms. The van der Waals surface area contributed by atoms with Crippen molar-refractivity contribution < 1.29 is 76.0 Å². The topological polar surface area (TPSA) is 218 Å². The Kier molecular flexibility index (Phi) is 27.3. The Hall–Kier alpha value is -9.61. The van der Waals surface area contributed by atoms with Crippen LogP contribution in [0.3, 0.4) is 0 Å². The lowest BCUT2D eigenvalue weighted by Gasteiger charge is -2.36. The highest BCUT2D eigenvalue weighted by atomic mass is 28.4. The number of esters is 6. The van der Waals surface area contributed by atoms with E-state index in [9.17, 15) is 43.2 Å². The molecule has 0 aliphatic heterocycles. The fourth-order valence-corrected chi connectivity index (χ4v) is 10.9. The molecule has 0 aliphatic rings. The molecule has 0 atom stereocenters. The van der Waals surface area contributed by atoms with Crippen molar-refractivity contribution >= 4 is 61.5 Å². The van der Waals surface area contributed by atoms with Crippen LogP contribution in [0, 0.1) is 17.8 Å². The number of rotatable bonds is 36. The molecule has 0 unspecified atom stereocenters. The van der Waals surface area contributed by atoms with E-state index in [0.29, 0.717) is 11.3 Å². The van der Waals surface area contributed by atoms with Gasteiger partial charge >= 0.3 is 35.8 Å². The molecule has 0 aliphatic carbocycles. The maximum Gasteiger partial charge on any atom is 0.311 e. The maximum absolute atomic E-state index is 14.6. The molecule has 16 nitrogen and oxygen atoms in total. The van der Waals surface area contributed by atoms with Crippen molar-refractivity contribution in [1.29, 1.82) is 0 Å². The number of hydrogen-bond donors (Lipinski definition) is 0. The van der Waals surface area contributed by atoms with Crippen LogP contribution in [-0.2, 0) is 74.1 Å². The number of ketones is 3. The van der Waals surface area contributed by atoms with Crippen LogP contribution in [0.4, 0.5) is 0 Å². The van der Waals surface area contributed by atoms with E-state index in [2.05, 4.69) is 33.9 Å². The van der Waals surface area contributed by atoms with Crippen molar-refractivity contribution in [3.8, 4) is 17.2 Å². The normalized spacial score (nSPS) is 11.4. The number of hydrogen-bond acceptors (Lipinski definition) is 16. The first-order valence-corrected chi connectivity index (χ1v) is 34.4. The minimum absolute atomic E-state index is 0.0470. The quantitative estimate of drug-likeness (QED) is 0.0117. The molecule has 7 aromatic rings. The number of benzene rings is 7. The average molecular weight is 1280 g/mol. The summed E-state index contributed by atoms with van der Waals surface area (Å²) in [6.07, 6.45) is -0.797. The van der Waals surface area contributed by atoms with Crippen LogP contribution in [0.15, 0.2) is 194 Å². The standard InChI is InChI=1S/C76H82O16Si/c1-76(2,3)93(4,5)92-66-34-20-31-63(49-66)75(85)60(39-45-71(81)90-64-32-18-29-61(47-64)73(83)58(35-41-67(77)86-50-54-21-10-6-11-22-54)36-42-68(78)87-51-55-23-12-7-13-24-55)40-46-72(82)91-65-33-19-30-62(48-65)74(84)59(37-43-69(79)88-52-56-25-14-8-15-26-56)38-44-70(80)89-53-57-27-16-9-17-28-57/h6-34,47-49,58-60H,35-46,50-53H2,1-5H3. The second kappa shape index (κ2) is 35.8. The molecule has 486 valence electrons. The van der Waals surface area contributed by atoms with Gasteiger partial charge in [0.2, 0.25) is 8.32 Å². The van der Waals surface area contributed by atoms with Gasteiger partial charge in [-0.25, -0.2) is 0 Å². The lowest BCUT2D eigenvalue weighted by atomic mass is 9.89. The molecule has 0 bridgehead atoms. The van der Waals surface area contributed by atoms with Crippen LogP contribution in [0.5, 0.6) is 17.2 Å². The van der Waals surface area contributed by atoms with Crippen LogP contribution in [-0.4, -0.2) is 61.5 Å². The number of ether oxygens (including phenoxy) is 6. The van der Waals surface area contributed by atoms with Gasteiger partial charge in [0.25, 0.3) is 0 Å². The summed E-state index contributed by atoms with van der Waals surface area (Å²) in [6.45, 7) is 10.7. The van der Waals surface area contributed by atoms with Gasteiger partial charge in [-0.05, 0) is 115 Å². The third-order valence-corrected chi connectivity index (χ3v) is 20.6. The highest BCUT2D eigenvalue weighted by molar-refractivity contribution is 6.74. The Labute approximate surface area is 545 Å². The predicted octanol–water partition coefficient (Wildman–Crippen LogP) is 15.3. The van der Waals surface area contributed by atoms with Crippen LogP contribution < -0.4 is 13.9 Å². The first-order valence-electron chi connectivity index (χ1n) is 31.5. The van der Waals surface area contributed by atoms with Gasteiger partial charge in [0.05, 0.1) is 0 Å². The van der Waals surface area contributed by atoms with E-state index in [4.69, 9.17) is 32.8 Å². The van der Waals surface area contributed by atoms with Gasteiger partial charge in [-0.1, -0.05) is 178 Å². The van der Waals surface area contributed by atoms with Gasteiger partial charge < -0.3 is 32.8 Å². The fraction of sp³-hybridized carbons (Fsp3) is 0.329. The lowest BCUT2D eigenvalue weighted by molar-refractivity contribution is -0.146. The van der Waals surface area contributed by atoms with E-state index in [1.807, 2.05) is 121 Å². The zero-order valence-electron chi connectivity index (χ0n) is 53.6. The molecule has 7 rings (SSSR count). The number of Topliss-reactive ketones (excluding diaryl/α,β-unsaturated/α-hetero) is 3. The van der Waals surface area contributed by atoms with Crippen LogP contribution in [0.25, 0.3) is 0 Å². The summed E-state index contributed by atoms with van der Waals surface area (Å²) in [5.74, 6) is -6.56. The molecule has 0 saturated carbocycles. The van der Waals surface area contributed by atoms with Crippen molar-refractivity contribution in [2.75, 3.05) is 0 Å². The molecule has 0 amide bonds. The highest BCUT2D eigenvalue weighted by Crippen LogP contribution is 2.38. The summed E-state index contributed by atoms with van der Waals surface area (Å²) in [4.78, 5) is 123. The van der Waals surface area contributed by atoms with Crippen molar-refractivity contribution in [2.45, 2.75) is 142 Å². The first kappa shape index (κ1) is 70.8. The van der Waals surface area contributed by atoms with E-state index in [0.717, 1.165) is 22.3 Å². The first-order chi connectivity index (χ1) is 44.7. The van der Waals surface area contributed by atoms with Crippen LogP contribution in [0.1, 0.15) is 151 Å². The summed E-state index contributed by atoms with van der Waals surface area (Å²) >= 11 is 0. The van der Waals surface area contributed by atoms with Gasteiger partial charge in [0.1, 0.15) is 43.7 Å². The van der Waals surface area contributed by atoms with Crippen molar-refractivity contribution in [3.63, 3.8) is 0 Å². The van der Waals surface area contributed by atoms with E-state index in [1.165, 1.54) is 24.3 Å². The molecule has 17 heteroatoms. The highest BCUT2D eigenvalue weighted by Gasteiger charge is 2.39. The monoisotopic (exact) mass is 1280 g/mol. The molecule has 0 fully saturated rings. The van der Waals surface area contributed by atoms with Crippen LogP contribution in [0.2, 0.25) is 18.1 Å². The zero-order valence-corrected chi connectivity index (χ0v) is 54.6. The molecule has 0 aromatic heterocycles. The summed E-state index contributed by atoms with van der Waals surface area (Å²) in [5, 5.41) is -0.145. The predicted molar refractivity (Wildman–Crippen MR) is 352 cm³/mol.